The maximum Gasteiger partial charge on any atom is 0.167 e. The number of fused-ring (bicyclic) bond motifs is 1. The molecule has 0 saturated heterocycles. The molecule has 0 radical (unpaired) electrons. The fourth-order valence-corrected chi connectivity index (χ4v) is 2.81. The molecule has 0 aliphatic heterocycles. The largest absolute Gasteiger partial charge is 0.497 e. The van der Waals surface area contributed by atoms with Gasteiger partial charge in [0.25, 0.3) is 0 Å². The van der Waals surface area contributed by atoms with Crippen LogP contribution in [0.15, 0.2) is 36.4 Å². The summed E-state index contributed by atoms with van der Waals surface area (Å²) in [6.07, 6.45) is 2.02. The third-order valence-electron chi connectivity index (χ3n) is 3.92. The van der Waals surface area contributed by atoms with Crippen LogP contribution in [0.3, 0.4) is 0 Å². The lowest BCUT2D eigenvalue weighted by Gasteiger charge is -2.16. The molecule has 0 aromatic heterocycles. The van der Waals surface area contributed by atoms with Crippen LogP contribution >= 0.6 is 0 Å². The van der Waals surface area contributed by atoms with Crippen molar-refractivity contribution >= 4 is 5.69 Å². The molecule has 0 heterocycles. The quantitative estimate of drug-likeness (QED) is 0.924. The Bertz CT molecular complexity index is 657. The van der Waals surface area contributed by atoms with Crippen LogP contribution in [0.2, 0.25) is 0 Å². The number of hydrogen-bond donors (Lipinski definition) is 1. The highest BCUT2D eigenvalue weighted by atomic mass is 19.1. The van der Waals surface area contributed by atoms with E-state index in [4.69, 9.17) is 9.47 Å². The molecule has 0 fully saturated rings. The van der Waals surface area contributed by atoms with Gasteiger partial charge in [-0.05, 0) is 48.2 Å². The van der Waals surface area contributed by atoms with E-state index in [1.165, 1.54) is 24.3 Å². The van der Waals surface area contributed by atoms with Crippen LogP contribution < -0.4 is 14.8 Å². The van der Waals surface area contributed by atoms with Crippen molar-refractivity contribution in [2.24, 2.45) is 0 Å². The molecule has 1 aliphatic rings. The van der Waals surface area contributed by atoms with Gasteiger partial charge in [-0.3, -0.25) is 0 Å². The van der Waals surface area contributed by atoms with Crippen LogP contribution in [0.4, 0.5) is 10.1 Å². The molecular weight excluding hydrogens is 269 g/mol. The van der Waals surface area contributed by atoms with Crippen molar-refractivity contribution in [2.45, 2.75) is 18.9 Å². The standard InChI is InChI=1S/C17H18FNO2/c1-20-13-6-3-11-4-7-16(14(11)10-13)19-12-5-8-17(21-2)15(18)9-12/h3,5-6,8-10,16,19H,4,7H2,1-2H3. The minimum Gasteiger partial charge on any atom is -0.497 e. The predicted octanol–water partition coefficient (Wildman–Crippen LogP) is 3.94. The van der Waals surface area contributed by atoms with Gasteiger partial charge < -0.3 is 14.8 Å². The Morgan fingerprint density at radius 1 is 1.10 bits per heavy atom. The lowest BCUT2D eigenvalue weighted by molar-refractivity contribution is 0.386. The minimum absolute atomic E-state index is 0.183. The fraction of sp³-hybridized carbons (Fsp3) is 0.294. The molecule has 1 N–H and O–H groups in total. The van der Waals surface area contributed by atoms with Gasteiger partial charge in [0.05, 0.1) is 20.3 Å². The van der Waals surface area contributed by atoms with Gasteiger partial charge in [-0.1, -0.05) is 6.07 Å². The van der Waals surface area contributed by atoms with Crippen LogP contribution in [0.25, 0.3) is 0 Å². The van der Waals surface area contributed by atoms with Crippen molar-refractivity contribution < 1.29 is 13.9 Å². The minimum atomic E-state index is -0.355. The lowest BCUT2D eigenvalue weighted by atomic mass is 10.1. The monoisotopic (exact) mass is 287 g/mol. The molecule has 110 valence electrons. The molecule has 1 atom stereocenters. The van der Waals surface area contributed by atoms with E-state index >= 15 is 0 Å². The SMILES string of the molecule is COc1ccc2c(c1)C(Nc1ccc(OC)c(F)c1)CC2. The summed E-state index contributed by atoms with van der Waals surface area (Å²) in [4.78, 5) is 0. The van der Waals surface area contributed by atoms with E-state index in [1.54, 1.807) is 13.2 Å². The fourth-order valence-electron chi connectivity index (χ4n) is 2.81. The zero-order chi connectivity index (χ0) is 14.8. The molecule has 1 unspecified atom stereocenters. The van der Waals surface area contributed by atoms with E-state index in [2.05, 4.69) is 17.4 Å². The summed E-state index contributed by atoms with van der Waals surface area (Å²) in [5.41, 5.74) is 3.31. The molecule has 0 amide bonds. The van der Waals surface area contributed by atoms with E-state index in [0.29, 0.717) is 0 Å². The molecule has 3 rings (SSSR count). The normalized spacial score (nSPS) is 16.4. The van der Waals surface area contributed by atoms with Gasteiger partial charge in [0.15, 0.2) is 11.6 Å². The van der Waals surface area contributed by atoms with Gasteiger partial charge in [0.2, 0.25) is 0 Å². The zero-order valence-corrected chi connectivity index (χ0v) is 12.2. The molecule has 4 heteroatoms. The Balaban J connectivity index is 1.83. The Morgan fingerprint density at radius 2 is 1.95 bits per heavy atom. The second kappa shape index (κ2) is 5.64. The molecular formula is C17H18FNO2. The third kappa shape index (κ3) is 2.66. The Labute approximate surface area is 123 Å². The van der Waals surface area contributed by atoms with Crippen LogP contribution in [0, 0.1) is 5.82 Å². The molecule has 0 saturated carbocycles. The molecule has 2 aromatic carbocycles. The number of methoxy groups -OCH3 is 2. The highest BCUT2D eigenvalue weighted by Gasteiger charge is 2.23. The first-order valence-electron chi connectivity index (χ1n) is 6.98. The Morgan fingerprint density at radius 3 is 2.67 bits per heavy atom. The van der Waals surface area contributed by atoms with Gasteiger partial charge in [-0.25, -0.2) is 4.39 Å². The number of hydrogen-bond acceptors (Lipinski definition) is 3. The van der Waals surface area contributed by atoms with Crippen molar-refractivity contribution in [1.29, 1.82) is 0 Å². The van der Waals surface area contributed by atoms with E-state index in [1.807, 2.05) is 12.1 Å². The third-order valence-corrected chi connectivity index (χ3v) is 3.92. The highest BCUT2D eigenvalue weighted by Crippen LogP contribution is 2.36. The number of rotatable bonds is 4. The van der Waals surface area contributed by atoms with E-state index in [9.17, 15) is 4.39 Å². The summed E-state index contributed by atoms with van der Waals surface area (Å²) in [5.74, 6) is 0.753. The summed E-state index contributed by atoms with van der Waals surface area (Å²) >= 11 is 0. The van der Waals surface area contributed by atoms with Crippen molar-refractivity contribution in [3.63, 3.8) is 0 Å². The summed E-state index contributed by atoms with van der Waals surface area (Å²) in [6.45, 7) is 0. The first kappa shape index (κ1) is 13.7. The van der Waals surface area contributed by atoms with Crippen LogP contribution in [-0.2, 0) is 6.42 Å². The number of anilines is 1. The average Bonchev–Trinajstić information content (AvgIpc) is 2.90. The van der Waals surface area contributed by atoms with Gasteiger partial charge in [0, 0.05) is 11.8 Å². The van der Waals surface area contributed by atoms with Crippen LogP contribution in [0.5, 0.6) is 11.5 Å². The first-order chi connectivity index (χ1) is 10.2. The number of aryl methyl sites for hydroxylation is 1. The van der Waals surface area contributed by atoms with Crippen LogP contribution in [-0.4, -0.2) is 14.2 Å². The van der Waals surface area contributed by atoms with Crippen molar-refractivity contribution in [3.8, 4) is 11.5 Å². The summed E-state index contributed by atoms with van der Waals surface area (Å²) < 4.78 is 24.0. The molecule has 0 bridgehead atoms. The van der Waals surface area contributed by atoms with Gasteiger partial charge in [0.1, 0.15) is 5.75 Å². The maximum absolute atomic E-state index is 13.8. The highest BCUT2D eigenvalue weighted by molar-refractivity contribution is 5.51. The molecule has 1 aliphatic carbocycles. The summed E-state index contributed by atoms with van der Waals surface area (Å²) in [6, 6.07) is 11.3. The number of nitrogens with one attached hydrogen (secondary N) is 1. The molecule has 21 heavy (non-hydrogen) atoms. The smallest absolute Gasteiger partial charge is 0.167 e. The van der Waals surface area contributed by atoms with Crippen molar-refractivity contribution in [1.82, 2.24) is 0 Å². The van der Waals surface area contributed by atoms with E-state index < -0.39 is 0 Å². The summed E-state index contributed by atoms with van der Waals surface area (Å²) in [5, 5.41) is 3.39. The van der Waals surface area contributed by atoms with Gasteiger partial charge >= 0.3 is 0 Å². The predicted molar refractivity (Wildman–Crippen MR) is 80.6 cm³/mol. The van der Waals surface area contributed by atoms with Gasteiger partial charge in [-0.2, -0.15) is 0 Å². The topological polar surface area (TPSA) is 30.5 Å². The number of benzene rings is 2. The maximum atomic E-state index is 13.8. The van der Waals surface area contributed by atoms with Gasteiger partial charge in [-0.15, -0.1) is 0 Å². The molecule has 0 spiro atoms. The zero-order valence-electron chi connectivity index (χ0n) is 12.2. The number of halogens is 1. The van der Waals surface area contributed by atoms with E-state index in [-0.39, 0.29) is 17.6 Å². The van der Waals surface area contributed by atoms with Crippen molar-refractivity contribution in [3.05, 3.63) is 53.3 Å². The second-order valence-corrected chi connectivity index (χ2v) is 5.15. The Kier molecular flexibility index (Phi) is 3.69. The van der Waals surface area contributed by atoms with Crippen LogP contribution in [0.1, 0.15) is 23.6 Å². The van der Waals surface area contributed by atoms with E-state index in [0.717, 1.165) is 24.3 Å². The second-order valence-electron chi connectivity index (χ2n) is 5.15. The lowest BCUT2D eigenvalue weighted by Crippen LogP contribution is -2.07. The van der Waals surface area contributed by atoms with Crippen molar-refractivity contribution in [2.75, 3.05) is 19.5 Å². The molecule has 2 aromatic rings. The Hall–Kier alpha value is -2.23. The summed E-state index contributed by atoms with van der Waals surface area (Å²) in [7, 11) is 3.13. The first-order valence-corrected chi connectivity index (χ1v) is 6.98. The average molecular weight is 287 g/mol. The molecule has 3 nitrogen and oxygen atoms in total. The number of ether oxygens (including phenoxy) is 2.